The predicted octanol–water partition coefficient (Wildman–Crippen LogP) is 0.606. The van der Waals surface area contributed by atoms with Crippen molar-refractivity contribution in [2.24, 2.45) is 0 Å². The number of hydroxylamine groups is 2. The summed E-state index contributed by atoms with van der Waals surface area (Å²) in [5, 5.41) is 9.42. The standard InChI is InChI=1S/C5H9NO3/c1-4-2-3-9-5(7)6(4)8/h4,8H,2-3H2,1H3. The number of rotatable bonds is 0. The van der Waals surface area contributed by atoms with Gasteiger partial charge >= 0.3 is 6.09 Å². The van der Waals surface area contributed by atoms with Gasteiger partial charge in [0.1, 0.15) is 0 Å². The van der Waals surface area contributed by atoms with Gasteiger partial charge in [0.05, 0.1) is 12.6 Å². The molecule has 1 amide bonds. The van der Waals surface area contributed by atoms with Gasteiger partial charge in [-0.1, -0.05) is 0 Å². The highest BCUT2D eigenvalue weighted by atomic mass is 16.6. The van der Waals surface area contributed by atoms with Gasteiger partial charge in [-0.3, -0.25) is 5.21 Å². The van der Waals surface area contributed by atoms with Crippen molar-refractivity contribution in [2.45, 2.75) is 19.4 Å². The van der Waals surface area contributed by atoms with Gasteiger partial charge in [0.15, 0.2) is 0 Å². The Hall–Kier alpha value is -0.770. The van der Waals surface area contributed by atoms with Crippen LogP contribution in [0.25, 0.3) is 0 Å². The van der Waals surface area contributed by atoms with Gasteiger partial charge in [-0.25, -0.2) is 4.79 Å². The zero-order valence-electron chi connectivity index (χ0n) is 5.20. The Bertz CT molecular complexity index is 125. The molecule has 0 aromatic carbocycles. The summed E-state index contributed by atoms with van der Waals surface area (Å²) in [7, 11) is 0. The van der Waals surface area contributed by atoms with E-state index in [-0.39, 0.29) is 6.04 Å². The largest absolute Gasteiger partial charge is 0.448 e. The first-order valence-electron chi connectivity index (χ1n) is 2.86. The van der Waals surface area contributed by atoms with E-state index in [0.717, 1.165) is 0 Å². The zero-order chi connectivity index (χ0) is 6.85. The first kappa shape index (κ1) is 6.35. The quantitative estimate of drug-likeness (QED) is 0.490. The molecule has 0 saturated carbocycles. The van der Waals surface area contributed by atoms with Crippen LogP contribution in [0.1, 0.15) is 13.3 Å². The molecule has 1 saturated heterocycles. The van der Waals surface area contributed by atoms with Crippen LogP contribution >= 0.6 is 0 Å². The van der Waals surface area contributed by atoms with E-state index in [2.05, 4.69) is 4.74 Å². The number of amides is 1. The minimum absolute atomic E-state index is 0.105. The number of carbonyl (C=O) groups is 1. The Morgan fingerprint density at radius 3 is 3.00 bits per heavy atom. The molecular weight excluding hydrogens is 122 g/mol. The zero-order valence-corrected chi connectivity index (χ0v) is 5.20. The molecule has 1 rings (SSSR count). The van der Waals surface area contributed by atoms with Crippen molar-refractivity contribution in [3.05, 3.63) is 0 Å². The van der Waals surface area contributed by atoms with Crippen molar-refractivity contribution in [3.8, 4) is 0 Å². The van der Waals surface area contributed by atoms with E-state index in [1.807, 2.05) is 0 Å². The smallest absolute Gasteiger partial charge is 0.433 e. The summed E-state index contributed by atoms with van der Waals surface area (Å²) in [6.07, 6.45) is 0.0520. The van der Waals surface area contributed by atoms with Gasteiger partial charge in [-0.2, -0.15) is 5.06 Å². The Morgan fingerprint density at radius 1 is 1.89 bits per heavy atom. The summed E-state index contributed by atoms with van der Waals surface area (Å²) in [6.45, 7) is 2.18. The lowest BCUT2D eigenvalue weighted by Gasteiger charge is -2.26. The number of cyclic esters (lactones) is 1. The first-order chi connectivity index (χ1) is 4.22. The molecule has 1 atom stereocenters. The Balaban J connectivity index is 2.51. The summed E-state index contributed by atoms with van der Waals surface area (Å²) in [6, 6.07) is -0.105. The van der Waals surface area contributed by atoms with Gasteiger partial charge in [0.2, 0.25) is 0 Å². The third-order valence-corrected chi connectivity index (χ3v) is 1.37. The monoisotopic (exact) mass is 131 g/mol. The Morgan fingerprint density at radius 2 is 2.56 bits per heavy atom. The number of hydrogen-bond donors (Lipinski definition) is 1. The summed E-state index contributed by atoms with van der Waals surface area (Å²) in [5.41, 5.74) is 0. The number of nitrogens with zero attached hydrogens (tertiary/aromatic N) is 1. The Labute approximate surface area is 53.0 Å². The van der Waals surface area contributed by atoms with Gasteiger partial charge in [0, 0.05) is 6.42 Å². The molecule has 1 aliphatic rings. The van der Waals surface area contributed by atoms with Gasteiger partial charge in [-0.15, -0.1) is 0 Å². The van der Waals surface area contributed by atoms with Crippen molar-refractivity contribution in [1.82, 2.24) is 5.06 Å². The van der Waals surface area contributed by atoms with Crippen LogP contribution in [0.15, 0.2) is 0 Å². The molecule has 0 bridgehead atoms. The van der Waals surface area contributed by atoms with Crippen LogP contribution in [0.4, 0.5) is 4.79 Å². The average Bonchev–Trinajstić information content (AvgIpc) is 1.83. The second-order valence-electron chi connectivity index (χ2n) is 2.10. The Kier molecular flexibility index (Phi) is 1.57. The molecule has 1 N–H and O–H groups in total. The second-order valence-corrected chi connectivity index (χ2v) is 2.10. The van der Waals surface area contributed by atoms with Crippen LogP contribution in [0.3, 0.4) is 0 Å². The lowest BCUT2D eigenvalue weighted by atomic mass is 10.2. The maximum Gasteiger partial charge on any atom is 0.433 e. The fourth-order valence-corrected chi connectivity index (χ4v) is 0.685. The average molecular weight is 131 g/mol. The van der Waals surface area contributed by atoms with Crippen LogP contribution in [-0.4, -0.2) is 29.0 Å². The molecule has 1 aliphatic heterocycles. The van der Waals surface area contributed by atoms with Gasteiger partial charge in [0.25, 0.3) is 0 Å². The van der Waals surface area contributed by atoms with Crippen molar-refractivity contribution in [2.75, 3.05) is 6.61 Å². The van der Waals surface area contributed by atoms with E-state index < -0.39 is 6.09 Å². The number of ether oxygens (including phenoxy) is 1. The second kappa shape index (κ2) is 2.23. The third kappa shape index (κ3) is 1.13. The third-order valence-electron chi connectivity index (χ3n) is 1.37. The van der Waals surface area contributed by atoms with Crippen molar-refractivity contribution in [1.29, 1.82) is 0 Å². The van der Waals surface area contributed by atoms with Gasteiger partial charge < -0.3 is 4.74 Å². The molecule has 0 aliphatic carbocycles. The molecule has 4 heteroatoms. The van der Waals surface area contributed by atoms with Gasteiger partial charge in [-0.05, 0) is 6.92 Å². The highest BCUT2D eigenvalue weighted by Crippen LogP contribution is 2.08. The van der Waals surface area contributed by atoms with Crippen molar-refractivity contribution >= 4 is 6.09 Å². The SMILES string of the molecule is CC1CCOC(=O)N1O. The minimum atomic E-state index is -0.645. The van der Waals surface area contributed by atoms with E-state index in [0.29, 0.717) is 18.1 Å². The van der Waals surface area contributed by atoms with Crippen LogP contribution in [0.2, 0.25) is 0 Å². The van der Waals surface area contributed by atoms with E-state index in [9.17, 15) is 4.79 Å². The highest BCUT2D eigenvalue weighted by molar-refractivity contribution is 5.67. The number of hydrogen-bond acceptors (Lipinski definition) is 3. The molecule has 1 unspecified atom stereocenters. The summed E-state index contributed by atoms with van der Waals surface area (Å²) < 4.78 is 4.50. The lowest BCUT2D eigenvalue weighted by molar-refractivity contribution is -0.124. The van der Waals surface area contributed by atoms with E-state index in [1.54, 1.807) is 6.92 Å². The van der Waals surface area contributed by atoms with Crippen LogP contribution in [-0.2, 0) is 4.74 Å². The molecule has 52 valence electrons. The maximum absolute atomic E-state index is 10.5. The van der Waals surface area contributed by atoms with E-state index in [4.69, 9.17) is 5.21 Å². The fourth-order valence-electron chi connectivity index (χ4n) is 0.685. The van der Waals surface area contributed by atoms with E-state index in [1.165, 1.54) is 0 Å². The molecular formula is C5H9NO3. The molecule has 0 aromatic heterocycles. The minimum Gasteiger partial charge on any atom is -0.448 e. The molecule has 0 aromatic rings. The molecule has 0 radical (unpaired) electrons. The molecule has 1 heterocycles. The summed E-state index contributed by atoms with van der Waals surface area (Å²) in [4.78, 5) is 10.5. The predicted molar refractivity (Wildman–Crippen MR) is 29.1 cm³/mol. The van der Waals surface area contributed by atoms with Crippen molar-refractivity contribution in [3.63, 3.8) is 0 Å². The van der Waals surface area contributed by atoms with Crippen LogP contribution in [0.5, 0.6) is 0 Å². The molecule has 0 spiro atoms. The summed E-state index contributed by atoms with van der Waals surface area (Å²) >= 11 is 0. The first-order valence-corrected chi connectivity index (χ1v) is 2.86. The highest BCUT2D eigenvalue weighted by Gasteiger charge is 2.23. The summed E-state index contributed by atoms with van der Waals surface area (Å²) in [5.74, 6) is 0. The molecule has 4 nitrogen and oxygen atoms in total. The van der Waals surface area contributed by atoms with Crippen molar-refractivity contribution < 1.29 is 14.7 Å². The normalized spacial score (nSPS) is 28.0. The maximum atomic E-state index is 10.5. The topological polar surface area (TPSA) is 49.8 Å². The number of carbonyl (C=O) groups excluding carboxylic acids is 1. The molecule has 9 heavy (non-hydrogen) atoms. The van der Waals surface area contributed by atoms with Crippen LogP contribution in [0, 0.1) is 0 Å². The fraction of sp³-hybridized carbons (Fsp3) is 0.800. The molecule has 1 fully saturated rings. The van der Waals surface area contributed by atoms with E-state index >= 15 is 0 Å². The van der Waals surface area contributed by atoms with Crippen LogP contribution < -0.4 is 0 Å². The lowest BCUT2D eigenvalue weighted by Crippen LogP contribution is -2.41.